The predicted molar refractivity (Wildman–Crippen MR) is 63.8 cm³/mol. The number of nitrogens with one attached hydrogen (secondary N) is 1. The van der Waals surface area contributed by atoms with E-state index in [2.05, 4.69) is 5.32 Å². The summed E-state index contributed by atoms with van der Waals surface area (Å²) in [5.41, 5.74) is 0.132. The first-order chi connectivity index (χ1) is 7.54. The third kappa shape index (κ3) is 4.44. The lowest BCUT2D eigenvalue weighted by atomic mass is 10.1. The molecule has 1 aliphatic rings. The lowest BCUT2D eigenvalue weighted by Crippen LogP contribution is -2.20. The van der Waals surface area contributed by atoms with E-state index in [-0.39, 0.29) is 5.57 Å². The summed E-state index contributed by atoms with van der Waals surface area (Å²) < 4.78 is 26.3. The molecule has 0 aromatic rings. The van der Waals surface area contributed by atoms with Gasteiger partial charge < -0.3 is 5.32 Å². The fourth-order valence-electron chi connectivity index (χ4n) is 1.93. The van der Waals surface area contributed by atoms with Gasteiger partial charge in [0.05, 0.1) is 0 Å². The molecule has 1 heterocycles. The maximum absolute atomic E-state index is 13.1. The largest absolute Gasteiger partial charge is 0.314 e. The standard InChI is InChI=1S/C13H21F2N/c1-3-6-11(13(2,14)15)7-4-8-12-9-5-10-16-12/h4,6-7,12,16H,3,5,8-10H2,1-2H3/b7-4-,11-6+. The Morgan fingerprint density at radius 3 is 2.75 bits per heavy atom. The minimum atomic E-state index is -2.73. The summed E-state index contributed by atoms with van der Waals surface area (Å²) in [5.74, 6) is -2.73. The van der Waals surface area contributed by atoms with Crippen LogP contribution in [0.2, 0.25) is 0 Å². The molecule has 16 heavy (non-hydrogen) atoms. The third-order valence-corrected chi connectivity index (χ3v) is 2.81. The lowest BCUT2D eigenvalue weighted by molar-refractivity contribution is 0.0671. The Bertz CT molecular complexity index is 258. The van der Waals surface area contributed by atoms with E-state index in [4.69, 9.17) is 0 Å². The Morgan fingerprint density at radius 1 is 1.50 bits per heavy atom. The van der Waals surface area contributed by atoms with Crippen molar-refractivity contribution >= 4 is 0 Å². The van der Waals surface area contributed by atoms with Crippen LogP contribution in [0.3, 0.4) is 0 Å². The quantitative estimate of drug-likeness (QED) is 0.709. The maximum Gasteiger partial charge on any atom is 0.270 e. The molecule has 0 aromatic carbocycles. The van der Waals surface area contributed by atoms with Gasteiger partial charge in [-0.1, -0.05) is 25.2 Å². The summed E-state index contributed by atoms with van der Waals surface area (Å²) in [6, 6.07) is 0.476. The molecule has 0 amide bonds. The van der Waals surface area contributed by atoms with E-state index in [1.165, 1.54) is 6.42 Å². The summed E-state index contributed by atoms with van der Waals surface area (Å²) in [5, 5.41) is 3.34. The fraction of sp³-hybridized carbons (Fsp3) is 0.692. The highest BCUT2D eigenvalue weighted by molar-refractivity contribution is 5.25. The van der Waals surface area contributed by atoms with E-state index in [9.17, 15) is 8.78 Å². The average Bonchev–Trinajstić information content (AvgIpc) is 2.67. The molecule has 0 aromatic heterocycles. The van der Waals surface area contributed by atoms with Gasteiger partial charge in [-0.3, -0.25) is 0 Å². The van der Waals surface area contributed by atoms with Crippen LogP contribution in [0.4, 0.5) is 8.78 Å². The predicted octanol–water partition coefficient (Wildman–Crippen LogP) is 3.68. The van der Waals surface area contributed by atoms with Crippen molar-refractivity contribution in [2.75, 3.05) is 6.54 Å². The number of hydrogen-bond donors (Lipinski definition) is 1. The van der Waals surface area contributed by atoms with Crippen molar-refractivity contribution in [1.82, 2.24) is 5.32 Å². The number of rotatable bonds is 5. The fourth-order valence-corrected chi connectivity index (χ4v) is 1.93. The van der Waals surface area contributed by atoms with Gasteiger partial charge in [-0.25, -0.2) is 8.78 Å². The van der Waals surface area contributed by atoms with E-state index in [1.54, 1.807) is 12.2 Å². The second-order valence-electron chi connectivity index (χ2n) is 4.39. The van der Waals surface area contributed by atoms with E-state index >= 15 is 0 Å². The number of alkyl halides is 2. The second kappa shape index (κ2) is 6.14. The van der Waals surface area contributed by atoms with Crippen LogP contribution in [-0.2, 0) is 0 Å². The molecule has 0 bridgehead atoms. The SMILES string of the molecule is CC/C=C(\C=C/CC1CCCN1)C(C)(F)F. The van der Waals surface area contributed by atoms with Crippen molar-refractivity contribution < 1.29 is 8.78 Å². The van der Waals surface area contributed by atoms with Gasteiger partial charge in [0, 0.05) is 18.5 Å². The highest BCUT2D eigenvalue weighted by Crippen LogP contribution is 2.25. The zero-order chi connectivity index (χ0) is 12.0. The van der Waals surface area contributed by atoms with Crippen LogP contribution < -0.4 is 5.32 Å². The van der Waals surface area contributed by atoms with Gasteiger partial charge in [0.2, 0.25) is 0 Å². The molecule has 0 spiro atoms. The van der Waals surface area contributed by atoms with Crippen LogP contribution in [0.15, 0.2) is 23.8 Å². The minimum Gasteiger partial charge on any atom is -0.314 e. The molecule has 1 nitrogen and oxygen atoms in total. The van der Waals surface area contributed by atoms with Gasteiger partial charge in [0.15, 0.2) is 0 Å². The summed E-state index contributed by atoms with van der Waals surface area (Å²) in [6.45, 7) is 3.88. The molecule has 1 aliphatic heterocycles. The van der Waals surface area contributed by atoms with E-state index in [1.807, 2.05) is 13.0 Å². The Kier molecular flexibility index (Phi) is 5.13. The highest BCUT2D eigenvalue weighted by Gasteiger charge is 2.24. The van der Waals surface area contributed by atoms with Gasteiger partial charge in [-0.2, -0.15) is 0 Å². The van der Waals surface area contributed by atoms with Crippen molar-refractivity contribution in [1.29, 1.82) is 0 Å². The molecule has 1 saturated heterocycles. The molecule has 1 unspecified atom stereocenters. The minimum absolute atomic E-state index is 0.132. The Morgan fingerprint density at radius 2 is 2.25 bits per heavy atom. The summed E-state index contributed by atoms with van der Waals surface area (Å²) >= 11 is 0. The molecule has 1 atom stereocenters. The molecule has 92 valence electrons. The normalized spacial score (nSPS) is 23.2. The maximum atomic E-state index is 13.1. The van der Waals surface area contributed by atoms with Crippen molar-refractivity contribution in [2.24, 2.45) is 0 Å². The van der Waals surface area contributed by atoms with E-state index < -0.39 is 5.92 Å². The van der Waals surface area contributed by atoms with Crippen molar-refractivity contribution in [2.45, 2.75) is 51.5 Å². The summed E-state index contributed by atoms with van der Waals surface area (Å²) in [7, 11) is 0. The Labute approximate surface area is 96.6 Å². The zero-order valence-electron chi connectivity index (χ0n) is 10.1. The molecular weight excluding hydrogens is 208 g/mol. The topological polar surface area (TPSA) is 12.0 Å². The first-order valence-electron chi connectivity index (χ1n) is 6.02. The first-order valence-corrected chi connectivity index (χ1v) is 6.02. The Balaban J connectivity index is 2.48. The molecule has 0 aliphatic carbocycles. The zero-order valence-corrected chi connectivity index (χ0v) is 10.1. The number of allylic oxidation sites excluding steroid dienone is 3. The van der Waals surface area contributed by atoms with Gasteiger partial charge in [0.1, 0.15) is 0 Å². The molecule has 1 fully saturated rings. The molecule has 0 saturated carbocycles. The molecule has 1 rings (SSSR count). The van der Waals surface area contributed by atoms with Gasteiger partial charge in [-0.05, 0) is 32.2 Å². The van der Waals surface area contributed by atoms with Crippen LogP contribution in [0.25, 0.3) is 0 Å². The second-order valence-corrected chi connectivity index (χ2v) is 4.39. The van der Waals surface area contributed by atoms with E-state index in [0.717, 1.165) is 26.3 Å². The van der Waals surface area contributed by atoms with Crippen LogP contribution in [0.5, 0.6) is 0 Å². The Hall–Kier alpha value is -0.700. The highest BCUT2D eigenvalue weighted by atomic mass is 19.3. The molecule has 3 heteroatoms. The van der Waals surface area contributed by atoms with Crippen molar-refractivity contribution in [3.8, 4) is 0 Å². The smallest absolute Gasteiger partial charge is 0.270 e. The molecule has 0 radical (unpaired) electrons. The number of halogens is 2. The third-order valence-electron chi connectivity index (χ3n) is 2.81. The molecular formula is C13H21F2N. The van der Waals surface area contributed by atoms with Crippen LogP contribution >= 0.6 is 0 Å². The van der Waals surface area contributed by atoms with Crippen LogP contribution in [-0.4, -0.2) is 18.5 Å². The van der Waals surface area contributed by atoms with Gasteiger partial charge in [0.25, 0.3) is 5.92 Å². The summed E-state index contributed by atoms with van der Waals surface area (Å²) in [6.07, 6.45) is 8.87. The van der Waals surface area contributed by atoms with E-state index in [0.29, 0.717) is 12.5 Å². The van der Waals surface area contributed by atoms with Crippen molar-refractivity contribution in [3.63, 3.8) is 0 Å². The summed E-state index contributed by atoms with van der Waals surface area (Å²) in [4.78, 5) is 0. The monoisotopic (exact) mass is 229 g/mol. The first kappa shape index (κ1) is 13.4. The van der Waals surface area contributed by atoms with Crippen LogP contribution in [0.1, 0.15) is 39.5 Å². The van der Waals surface area contributed by atoms with Crippen molar-refractivity contribution in [3.05, 3.63) is 23.8 Å². The van der Waals surface area contributed by atoms with Gasteiger partial charge >= 0.3 is 0 Å². The van der Waals surface area contributed by atoms with Gasteiger partial charge in [-0.15, -0.1) is 0 Å². The van der Waals surface area contributed by atoms with Crippen LogP contribution in [0, 0.1) is 0 Å². The lowest BCUT2D eigenvalue weighted by Gasteiger charge is -2.12. The average molecular weight is 229 g/mol. The number of hydrogen-bond acceptors (Lipinski definition) is 1. The molecule has 1 N–H and O–H groups in total.